The summed E-state index contributed by atoms with van der Waals surface area (Å²) in [5.41, 5.74) is 3.18. The summed E-state index contributed by atoms with van der Waals surface area (Å²) in [6.07, 6.45) is 2.95. The lowest BCUT2D eigenvalue weighted by molar-refractivity contribution is -0.297. The molecule has 0 atom stereocenters. The first-order chi connectivity index (χ1) is 6.27. The van der Waals surface area contributed by atoms with Gasteiger partial charge in [-0.2, -0.15) is 0 Å². The van der Waals surface area contributed by atoms with E-state index in [0.29, 0.717) is 0 Å². The molecule has 13 heavy (non-hydrogen) atoms. The van der Waals surface area contributed by atoms with Crippen molar-refractivity contribution in [2.75, 3.05) is 0 Å². The molecule has 1 aromatic rings. The summed E-state index contributed by atoms with van der Waals surface area (Å²) in [5.74, 6) is -1.10. The molecule has 1 aromatic carbocycles. The van der Waals surface area contributed by atoms with Crippen LogP contribution in [-0.4, -0.2) is 5.97 Å². The number of hydrogen-bond acceptors (Lipinski definition) is 2. The molecule has 0 heterocycles. The highest BCUT2D eigenvalue weighted by molar-refractivity contribution is 5.90. The number of carbonyl (C=O) groups excluding carboxylic acids is 1. The molecule has 0 N–H and O–H groups in total. The predicted octanol–water partition coefficient (Wildman–Crippen LogP) is 0.766. The van der Waals surface area contributed by atoms with Gasteiger partial charge in [0.15, 0.2) is 0 Å². The number of fused-ring (bicyclic) bond motifs is 1. The first-order valence-electron chi connectivity index (χ1n) is 4.27. The zero-order chi connectivity index (χ0) is 9.26. The molecule has 0 saturated carbocycles. The molecular weight excluding hydrogens is 164 g/mol. The van der Waals surface area contributed by atoms with Gasteiger partial charge in [-0.3, -0.25) is 0 Å². The molecule has 0 aliphatic heterocycles. The average Bonchev–Trinajstić information content (AvgIpc) is 2.48. The van der Waals surface area contributed by atoms with Crippen LogP contribution in [0.5, 0.6) is 0 Å². The van der Waals surface area contributed by atoms with Crippen LogP contribution in [0.3, 0.4) is 0 Å². The second kappa shape index (κ2) is 3.05. The summed E-state index contributed by atoms with van der Waals surface area (Å²) in [5, 5.41) is 10.4. The van der Waals surface area contributed by atoms with Gasteiger partial charge >= 0.3 is 0 Å². The number of aliphatic carboxylic acids is 1. The van der Waals surface area contributed by atoms with Crippen molar-refractivity contribution in [3.05, 3.63) is 41.5 Å². The number of benzene rings is 1. The zero-order valence-corrected chi connectivity index (χ0v) is 7.12. The third-order valence-electron chi connectivity index (χ3n) is 2.32. The van der Waals surface area contributed by atoms with Crippen LogP contribution in [0.25, 0.3) is 5.57 Å². The molecule has 1 aliphatic carbocycles. The molecule has 0 aromatic heterocycles. The largest absolute Gasteiger partial charge is 0.545 e. The van der Waals surface area contributed by atoms with E-state index >= 15 is 0 Å². The van der Waals surface area contributed by atoms with E-state index in [1.807, 2.05) is 24.3 Å². The number of carboxylic acid groups (broad SMARTS) is 1. The lowest BCUT2D eigenvalue weighted by atomic mass is 10.1. The molecular formula is C11H9O2-. The van der Waals surface area contributed by atoms with Crippen LogP contribution in [0.15, 0.2) is 30.3 Å². The van der Waals surface area contributed by atoms with Gasteiger partial charge in [0.25, 0.3) is 0 Å². The minimum Gasteiger partial charge on any atom is -0.545 e. The van der Waals surface area contributed by atoms with Crippen LogP contribution in [-0.2, 0) is 11.2 Å². The van der Waals surface area contributed by atoms with Gasteiger partial charge in [0.05, 0.1) is 5.97 Å². The van der Waals surface area contributed by atoms with Gasteiger partial charge in [0.1, 0.15) is 0 Å². The lowest BCUT2D eigenvalue weighted by Gasteiger charge is -2.00. The minimum atomic E-state index is -1.10. The summed E-state index contributed by atoms with van der Waals surface area (Å²) in [4.78, 5) is 10.4. The molecule has 2 rings (SSSR count). The van der Waals surface area contributed by atoms with E-state index < -0.39 is 5.97 Å². The van der Waals surface area contributed by atoms with E-state index in [-0.39, 0.29) is 0 Å². The van der Waals surface area contributed by atoms with E-state index in [2.05, 4.69) is 0 Å². The topological polar surface area (TPSA) is 40.1 Å². The van der Waals surface area contributed by atoms with Gasteiger partial charge in [-0.05, 0) is 35.6 Å². The maximum atomic E-state index is 10.4. The highest BCUT2D eigenvalue weighted by Crippen LogP contribution is 2.31. The quantitative estimate of drug-likeness (QED) is 0.588. The fourth-order valence-electron chi connectivity index (χ4n) is 1.75. The fourth-order valence-corrected chi connectivity index (χ4v) is 1.75. The second-order valence-electron chi connectivity index (χ2n) is 3.15. The summed E-state index contributed by atoms with van der Waals surface area (Å²) >= 11 is 0. The Bertz CT molecular complexity index is 377. The Morgan fingerprint density at radius 1 is 1.31 bits per heavy atom. The zero-order valence-electron chi connectivity index (χ0n) is 7.12. The van der Waals surface area contributed by atoms with Crippen LogP contribution in [0.1, 0.15) is 17.5 Å². The first-order valence-corrected chi connectivity index (χ1v) is 4.27. The van der Waals surface area contributed by atoms with Crippen molar-refractivity contribution in [3.8, 4) is 0 Å². The van der Waals surface area contributed by atoms with Crippen molar-refractivity contribution in [3.63, 3.8) is 0 Å². The third-order valence-corrected chi connectivity index (χ3v) is 2.32. The number of carbonyl (C=O) groups is 1. The van der Waals surface area contributed by atoms with E-state index in [1.165, 1.54) is 11.6 Å². The maximum absolute atomic E-state index is 10.4. The van der Waals surface area contributed by atoms with E-state index in [1.54, 1.807) is 0 Å². The molecule has 0 bridgehead atoms. The summed E-state index contributed by atoms with van der Waals surface area (Å²) in [6.45, 7) is 0. The Morgan fingerprint density at radius 3 is 2.85 bits per heavy atom. The van der Waals surface area contributed by atoms with Crippen molar-refractivity contribution in [2.24, 2.45) is 0 Å². The Labute approximate surface area is 76.5 Å². The highest BCUT2D eigenvalue weighted by atomic mass is 16.4. The van der Waals surface area contributed by atoms with Crippen LogP contribution >= 0.6 is 0 Å². The number of hydrogen-bond donors (Lipinski definition) is 0. The van der Waals surface area contributed by atoms with Crippen molar-refractivity contribution < 1.29 is 9.90 Å². The number of aryl methyl sites for hydroxylation is 1. The van der Waals surface area contributed by atoms with Crippen molar-refractivity contribution in [1.29, 1.82) is 0 Å². The van der Waals surface area contributed by atoms with Gasteiger partial charge in [0.2, 0.25) is 0 Å². The summed E-state index contributed by atoms with van der Waals surface area (Å²) in [6, 6.07) is 7.89. The molecule has 2 nitrogen and oxygen atoms in total. The van der Waals surface area contributed by atoms with Gasteiger partial charge < -0.3 is 9.90 Å². The second-order valence-corrected chi connectivity index (χ2v) is 3.15. The molecule has 1 aliphatic rings. The van der Waals surface area contributed by atoms with E-state index in [4.69, 9.17) is 0 Å². The molecule has 0 saturated heterocycles. The molecule has 0 radical (unpaired) electrons. The molecule has 66 valence electrons. The smallest absolute Gasteiger partial charge is 0.0645 e. The molecule has 0 spiro atoms. The number of carboxylic acids is 1. The van der Waals surface area contributed by atoms with Crippen molar-refractivity contribution in [1.82, 2.24) is 0 Å². The Hall–Kier alpha value is -1.57. The summed E-state index contributed by atoms with van der Waals surface area (Å²) < 4.78 is 0. The predicted molar refractivity (Wildman–Crippen MR) is 47.7 cm³/mol. The van der Waals surface area contributed by atoms with E-state index in [0.717, 1.165) is 24.0 Å². The molecule has 0 amide bonds. The first kappa shape index (κ1) is 8.05. The van der Waals surface area contributed by atoms with Crippen LogP contribution in [0.4, 0.5) is 0 Å². The maximum Gasteiger partial charge on any atom is 0.0645 e. The van der Waals surface area contributed by atoms with Gasteiger partial charge in [-0.1, -0.05) is 24.3 Å². The molecule has 0 fully saturated rings. The third kappa shape index (κ3) is 1.47. The van der Waals surface area contributed by atoms with Crippen LogP contribution < -0.4 is 5.11 Å². The van der Waals surface area contributed by atoms with Crippen molar-refractivity contribution in [2.45, 2.75) is 12.8 Å². The fraction of sp³-hybridized carbons (Fsp3) is 0.182. The highest BCUT2D eigenvalue weighted by Gasteiger charge is 2.14. The number of rotatable bonds is 1. The van der Waals surface area contributed by atoms with E-state index in [9.17, 15) is 9.90 Å². The standard InChI is InChI=1S/C11H10O2/c12-11(13)7-9-6-5-8-3-1-2-4-10(8)9/h1-4,7H,5-6H2,(H,12,13)/p-1/b9-7+. The average molecular weight is 173 g/mol. The monoisotopic (exact) mass is 173 g/mol. The van der Waals surface area contributed by atoms with Gasteiger partial charge in [0, 0.05) is 0 Å². The number of allylic oxidation sites excluding steroid dienone is 1. The van der Waals surface area contributed by atoms with Gasteiger partial charge in [-0.15, -0.1) is 0 Å². The van der Waals surface area contributed by atoms with Gasteiger partial charge in [-0.25, -0.2) is 0 Å². The summed E-state index contributed by atoms with van der Waals surface area (Å²) in [7, 11) is 0. The SMILES string of the molecule is O=C([O-])/C=C1\CCc2ccccc21. The normalized spacial score (nSPS) is 17.4. The Balaban J connectivity index is 2.44. The Kier molecular flexibility index (Phi) is 1.89. The Morgan fingerprint density at radius 2 is 2.08 bits per heavy atom. The minimum absolute atomic E-state index is 0.813. The lowest BCUT2D eigenvalue weighted by Crippen LogP contribution is -2.19. The molecule has 2 heteroatoms. The molecule has 0 unspecified atom stereocenters. The van der Waals surface area contributed by atoms with Crippen LogP contribution in [0, 0.1) is 0 Å². The van der Waals surface area contributed by atoms with Crippen molar-refractivity contribution >= 4 is 11.5 Å². The van der Waals surface area contributed by atoms with Crippen LogP contribution in [0.2, 0.25) is 0 Å².